The molecule has 0 aromatic carbocycles. The Bertz CT molecular complexity index is 376. The van der Waals surface area contributed by atoms with E-state index in [0.717, 1.165) is 17.1 Å². The molecule has 0 amide bonds. The van der Waals surface area contributed by atoms with Gasteiger partial charge in [-0.15, -0.1) is 0 Å². The number of carbonyl (C=O) groups excluding carboxylic acids is 2. The molecule has 0 aromatic rings. The van der Waals surface area contributed by atoms with Gasteiger partial charge in [0.1, 0.15) is 5.92 Å². The highest BCUT2D eigenvalue weighted by atomic mass is 79.9. The van der Waals surface area contributed by atoms with Crippen molar-refractivity contribution in [1.82, 2.24) is 0 Å². The molecular formula is C14H19Br3O3. The highest BCUT2D eigenvalue weighted by Crippen LogP contribution is 2.55. The Labute approximate surface area is 145 Å². The average molecular weight is 475 g/mol. The van der Waals surface area contributed by atoms with Crippen molar-refractivity contribution < 1.29 is 14.3 Å². The summed E-state index contributed by atoms with van der Waals surface area (Å²) in [5.41, 5.74) is 0. The first-order valence-corrected chi connectivity index (χ1v) is 10.2. The fraction of sp³-hybridized carbons (Fsp3) is 0.857. The summed E-state index contributed by atoms with van der Waals surface area (Å²) in [4.78, 5) is 24.3. The van der Waals surface area contributed by atoms with Gasteiger partial charge in [0.05, 0.1) is 11.4 Å². The maximum Gasteiger partial charge on any atom is 0.316 e. The molecule has 3 fully saturated rings. The SMILES string of the molecule is CCOC(=O)C1CC2[C@H](CBr)C(CC(Br)C1=O)[C@@H]2CBr. The molecule has 0 heterocycles. The second-order valence-electron chi connectivity index (χ2n) is 5.61. The third kappa shape index (κ3) is 3.02. The van der Waals surface area contributed by atoms with Crippen LogP contribution in [-0.4, -0.2) is 33.8 Å². The molecule has 0 aromatic heterocycles. The number of carbonyl (C=O) groups is 2. The number of fused-ring (bicyclic) bond motifs is 4. The molecule has 4 unspecified atom stereocenters. The van der Waals surface area contributed by atoms with Crippen LogP contribution in [0.2, 0.25) is 0 Å². The van der Waals surface area contributed by atoms with Crippen molar-refractivity contribution in [1.29, 1.82) is 0 Å². The van der Waals surface area contributed by atoms with Crippen LogP contribution < -0.4 is 0 Å². The summed E-state index contributed by atoms with van der Waals surface area (Å²) < 4.78 is 5.10. The van der Waals surface area contributed by atoms with E-state index in [9.17, 15) is 9.59 Å². The number of rotatable bonds is 4. The molecule has 0 saturated heterocycles. The van der Waals surface area contributed by atoms with Crippen molar-refractivity contribution in [3.63, 3.8) is 0 Å². The van der Waals surface area contributed by atoms with Gasteiger partial charge in [-0.3, -0.25) is 9.59 Å². The van der Waals surface area contributed by atoms with E-state index in [0.29, 0.717) is 36.7 Å². The Morgan fingerprint density at radius 2 is 1.75 bits per heavy atom. The minimum atomic E-state index is -0.603. The van der Waals surface area contributed by atoms with Crippen LogP contribution in [0.4, 0.5) is 0 Å². The highest BCUT2D eigenvalue weighted by molar-refractivity contribution is 9.10. The molecule has 0 N–H and O–H groups in total. The predicted molar refractivity (Wildman–Crippen MR) is 88.6 cm³/mol. The van der Waals surface area contributed by atoms with Gasteiger partial charge in [-0.2, -0.15) is 0 Å². The Morgan fingerprint density at radius 3 is 2.25 bits per heavy atom. The Morgan fingerprint density at radius 1 is 1.20 bits per heavy atom. The quantitative estimate of drug-likeness (QED) is 0.355. The summed E-state index contributed by atoms with van der Waals surface area (Å²) >= 11 is 10.7. The number of hydrogen-bond acceptors (Lipinski definition) is 3. The molecule has 0 radical (unpaired) electrons. The van der Waals surface area contributed by atoms with Crippen molar-refractivity contribution in [3.05, 3.63) is 0 Å². The molecule has 3 aliphatic carbocycles. The normalized spacial score (nSPS) is 40.5. The summed E-state index contributed by atoms with van der Waals surface area (Å²) in [5.74, 6) is 1.14. The number of esters is 1. The van der Waals surface area contributed by atoms with Crippen molar-refractivity contribution in [3.8, 4) is 0 Å². The lowest BCUT2D eigenvalue weighted by Gasteiger charge is -2.54. The first kappa shape index (κ1) is 16.9. The zero-order chi connectivity index (χ0) is 14.9. The zero-order valence-electron chi connectivity index (χ0n) is 11.4. The molecule has 114 valence electrons. The lowest BCUT2D eigenvalue weighted by molar-refractivity contribution is -0.155. The minimum absolute atomic E-state index is 0.000468. The summed E-state index contributed by atoms with van der Waals surface area (Å²) in [7, 11) is 0. The summed E-state index contributed by atoms with van der Waals surface area (Å²) in [6, 6.07) is 0. The maximum absolute atomic E-state index is 12.4. The highest BCUT2D eigenvalue weighted by Gasteiger charge is 2.54. The molecular weight excluding hydrogens is 456 g/mol. The molecule has 3 nitrogen and oxygen atoms in total. The van der Waals surface area contributed by atoms with Gasteiger partial charge >= 0.3 is 5.97 Å². The van der Waals surface area contributed by atoms with E-state index in [4.69, 9.17) is 4.74 Å². The van der Waals surface area contributed by atoms with Crippen LogP contribution >= 0.6 is 47.8 Å². The van der Waals surface area contributed by atoms with Crippen LogP contribution in [0.3, 0.4) is 0 Å². The van der Waals surface area contributed by atoms with E-state index < -0.39 is 5.92 Å². The fourth-order valence-corrected chi connectivity index (χ4v) is 6.37. The number of halogens is 3. The van der Waals surface area contributed by atoms with Gasteiger partial charge in [-0.25, -0.2) is 0 Å². The van der Waals surface area contributed by atoms with Crippen LogP contribution in [-0.2, 0) is 14.3 Å². The van der Waals surface area contributed by atoms with E-state index in [1.54, 1.807) is 6.92 Å². The van der Waals surface area contributed by atoms with Gasteiger partial charge in [-0.1, -0.05) is 47.8 Å². The molecule has 6 atom stereocenters. The second-order valence-corrected chi connectivity index (χ2v) is 8.01. The van der Waals surface area contributed by atoms with E-state index >= 15 is 0 Å². The number of ether oxygens (including phenoxy) is 1. The molecule has 3 aliphatic rings. The van der Waals surface area contributed by atoms with Gasteiger partial charge < -0.3 is 4.74 Å². The lowest BCUT2D eigenvalue weighted by Crippen LogP contribution is -2.54. The Balaban J connectivity index is 2.21. The van der Waals surface area contributed by atoms with E-state index in [2.05, 4.69) is 47.8 Å². The van der Waals surface area contributed by atoms with Crippen LogP contribution in [0, 0.1) is 29.6 Å². The lowest BCUT2D eigenvalue weighted by atomic mass is 9.53. The third-order valence-electron chi connectivity index (χ3n) is 4.77. The van der Waals surface area contributed by atoms with Crippen LogP contribution in [0.1, 0.15) is 19.8 Å². The van der Waals surface area contributed by atoms with E-state index in [-0.39, 0.29) is 16.6 Å². The third-order valence-corrected chi connectivity index (χ3v) is 7.09. The summed E-state index contributed by atoms with van der Waals surface area (Å²) in [6.07, 6.45) is 1.45. The van der Waals surface area contributed by atoms with Gasteiger partial charge in [0.25, 0.3) is 0 Å². The van der Waals surface area contributed by atoms with Crippen molar-refractivity contribution in [2.45, 2.75) is 24.6 Å². The number of hydrogen-bond donors (Lipinski definition) is 0. The minimum Gasteiger partial charge on any atom is -0.465 e. The standard InChI is InChI=1S/C14H19Br3O3/c1-2-20-14(19)9-3-7-10(5-15)8(11(7)6-16)4-12(17)13(9)18/h7-12H,2-6H2,1H3/t7?,8?,9?,10-,11+,12?. The summed E-state index contributed by atoms with van der Waals surface area (Å²) in [6.45, 7) is 2.10. The largest absolute Gasteiger partial charge is 0.465 e. The van der Waals surface area contributed by atoms with Gasteiger partial charge in [0, 0.05) is 10.7 Å². The van der Waals surface area contributed by atoms with Crippen LogP contribution in [0.25, 0.3) is 0 Å². The monoisotopic (exact) mass is 472 g/mol. The Kier molecular flexibility index (Phi) is 6.12. The molecule has 0 aliphatic heterocycles. The molecule has 6 heteroatoms. The first-order chi connectivity index (χ1) is 9.54. The molecule has 2 bridgehead atoms. The van der Waals surface area contributed by atoms with Gasteiger partial charge in [0.2, 0.25) is 0 Å². The van der Waals surface area contributed by atoms with Gasteiger partial charge in [0.15, 0.2) is 5.78 Å². The topological polar surface area (TPSA) is 43.4 Å². The van der Waals surface area contributed by atoms with Crippen molar-refractivity contribution in [2.24, 2.45) is 29.6 Å². The van der Waals surface area contributed by atoms with Crippen molar-refractivity contribution in [2.75, 3.05) is 17.3 Å². The molecule has 3 saturated carbocycles. The average Bonchev–Trinajstić information content (AvgIpc) is 2.40. The molecule has 3 rings (SSSR count). The van der Waals surface area contributed by atoms with Crippen molar-refractivity contribution >= 4 is 59.5 Å². The van der Waals surface area contributed by atoms with E-state index in [1.165, 1.54) is 0 Å². The van der Waals surface area contributed by atoms with Crippen LogP contribution in [0.15, 0.2) is 0 Å². The number of ketones is 1. The predicted octanol–water partition coefficient (Wildman–Crippen LogP) is 3.56. The van der Waals surface area contributed by atoms with Gasteiger partial charge in [-0.05, 0) is 43.4 Å². The zero-order valence-corrected chi connectivity index (χ0v) is 16.1. The maximum atomic E-state index is 12.4. The summed E-state index contributed by atoms with van der Waals surface area (Å²) in [5, 5.41) is 1.88. The van der Waals surface area contributed by atoms with Crippen LogP contribution in [0.5, 0.6) is 0 Å². The van der Waals surface area contributed by atoms with E-state index in [1.807, 2.05) is 0 Å². The number of alkyl halides is 3. The molecule has 20 heavy (non-hydrogen) atoms. The number of Topliss-reactive ketones (excluding diaryl/α,β-unsaturated/α-hetero) is 1. The molecule has 0 spiro atoms. The second kappa shape index (κ2) is 7.23. The fourth-order valence-electron chi connectivity index (χ4n) is 3.70. The first-order valence-electron chi connectivity index (χ1n) is 7.01. The Hall–Kier alpha value is 0.580. The smallest absolute Gasteiger partial charge is 0.316 e.